The molecular weight excluding hydrogens is 278 g/mol. The molecule has 2 aromatic carbocycles. The van der Waals surface area contributed by atoms with Crippen LogP contribution in [0, 0.1) is 20.8 Å². The van der Waals surface area contributed by atoms with Crippen molar-refractivity contribution in [2.45, 2.75) is 38.8 Å². The number of hydrogen-bond donors (Lipinski definition) is 1. The maximum Gasteiger partial charge on any atom is 0.0491 e. The van der Waals surface area contributed by atoms with E-state index in [0.29, 0.717) is 18.1 Å². The molecule has 0 heterocycles. The zero-order valence-electron chi connectivity index (χ0n) is 13.0. The third-order valence-electron chi connectivity index (χ3n) is 3.57. The summed E-state index contributed by atoms with van der Waals surface area (Å²) < 4.78 is 12.4. The Morgan fingerprint density at radius 3 is 2.14 bits per heavy atom. The van der Waals surface area contributed by atoms with Gasteiger partial charge in [0.15, 0.2) is 0 Å². The molecule has 0 saturated carbocycles. The molecule has 1 atom stereocenters. The third-order valence-corrected chi connectivity index (χ3v) is 4.86. The van der Waals surface area contributed by atoms with Gasteiger partial charge in [-0.05, 0) is 43.0 Å². The first-order chi connectivity index (χ1) is 9.97. The Labute approximate surface area is 129 Å². The van der Waals surface area contributed by atoms with E-state index in [1.54, 1.807) is 0 Å². The molecule has 0 radical (unpaired) electrons. The Morgan fingerprint density at radius 2 is 1.57 bits per heavy atom. The molecule has 2 aromatic rings. The summed E-state index contributed by atoms with van der Waals surface area (Å²) in [7, 11) is -0.889. The lowest BCUT2D eigenvalue weighted by Gasteiger charge is -2.09. The molecule has 0 aliphatic carbocycles. The summed E-state index contributed by atoms with van der Waals surface area (Å²) in [4.78, 5) is 0. The second kappa shape index (κ2) is 7.01. The molecule has 1 unspecified atom stereocenters. The highest BCUT2D eigenvalue weighted by atomic mass is 32.2. The second-order valence-corrected chi connectivity index (χ2v) is 7.15. The highest BCUT2D eigenvalue weighted by molar-refractivity contribution is 7.83. The number of hydrogen-bond acceptors (Lipinski definition) is 2. The molecule has 0 fully saturated rings. The van der Waals surface area contributed by atoms with Crippen LogP contribution in [0.4, 0.5) is 0 Å². The van der Waals surface area contributed by atoms with Crippen LogP contribution in [0.5, 0.6) is 0 Å². The average molecular weight is 301 g/mol. The van der Waals surface area contributed by atoms with Gasteiger partial charge in [0.25, 0.3) is 0 Å². The fourth-order valence-corrected chi connectivity index (χ4v) is 3.92. The van der Waals surface area contributed by atoms with Crippen molar-refractivity contribution in [3.8, 4) is 0 Å². The smallest absolute Gasteiger partial charge is 0.0491 e. The summed E-state index contributed by atoms with van der Waals surface area (Å²) in [5.41, 5.74) is 12.7. The highest BCUT2D eigenvalue weighted by Gasteiger charge is 2.07. The van der Waals surface area contributed by atoms with Gasteiger partial charge in [0.1, 0.15) is 0 Å². The summed E-state index contributed by atoms with van der Waals surface area (Å²) >= 11 is 0. The van der Waals surface area contributed by atoms with Crippen molar-refractivity contribution in [1.29, 1.82) is 0 Å². The predicted octanol–water partition coefficient (Wildman–Crippen LogP) is 3.52. The van der Waals surface area contributed by atoms with Gasteiger partial charge in [-0.15, -0.1) is 0 Å². The second-order valence-electron chi connectivity index (χ2n) is 5.69. The van der Waals surface area contributed by atoms with Gasteiger partial charge in [-0.25, -0.2) is 0 Å². The fraction of sp³-hybridized carbons (Fsp3) is 0.333. The first-order valence-electron chi connectivity index (χ1n) is 7.18. The number of aryl methyl sites for hydroxylation is 3. The third kappa shape index (κ3) is 4.51. The molecule has 0 aliphatic heterocycles. The van der Waals surface area contributed by atoms with E-state index in [2.05, 4.69) is 51.1 Å². The van der Waals surface area contributed by atoms with Gasteiger partial charge >= 0.3 is 0 Å². The van der Waals surface area contributed by atoms with Crippen LogP contribution in [-0.2, 0) is 28.9 Å². The van der Waals surface area contributed by atoms with Crippen LogP contribution in [0.3, 0.4) is 0 Å². The highest BCUT2D eigenvalue weighted by Crippen LogP contribution is 2.16. The van der Waals surface area contributed by atoms with Crippen molar-refractivity contribution in [1.82, 2.24) is 0 Å². The molecule has 0 bridgehead atoms. The van der Waals surface area contributed by atoms with E-state index >= 15 is 0 Å². The van der Waals surface area contributed by atoms with Gasteiger partial charge < -0.3 is 5.73 Å². The maximum absolute atomic E-state index is 12.4. The summed E-state index contributed by atoms with van der Waals surface area (Å²) in [6.45, 7) is 6.76. The van der Waals surface area contributed by atoms with Crippen molar-refractivity contribution in [3.63, 3.8) is 0 Å². The Balaban J connectivity index is 2.08. The van der Waals surface area contributed by atoms with Crippen molar-refractivity contribution in [2.24, 2.45) is 5.73 Å². The van der Waals surface area contributed by atoms with Crippen LogP contribution in [0.25, 0.3) is 0 Å². The van der Waals surface area contributed by atoms with Crippen molar-refractivity contribution in [3.05, 3.63) is 69.8 Å². The Morgan fingerprint density at radius 1 is 0.905 bits per heavy atom. The number of nitrogens with two attached hydrogens (primary N) is 1. The average Bonchev–Trinajstić information content (AvgIpc) is 2.39. The Kier molecular flexibility index (Phi) is 5.32. The molecule has 2 rings (SSSR count). The fourth-order valence-electron chi connectivity index (χ4n) is 2.61. The largest absolute Gasteiger partial charge is 0.326 e. The zero-order valence-corrected chi connectivity index (χ0v) is 13.8. The lowest BCUT2D eigenvalue weighted by Crippen LogP contribution is -2.03. The first kappa shape index (κ1) is 15.9. The van der Waals surface area contributed by atoms with Gasteiger partial charge in [0.2, 0.25) is 0 Å². The van der Waals surface area contributed by atoms with Gasteiger partial charge in [0, 0.05) is 28.9 Å². The van der Waals surface area contributed by atoms with Crippen LogP contribution in [0.1, 0.15) is 33.4 Å². The summed E-state index contributed by atoms with van der Waals surface area (Å²) in [6, 6.07) is 12.5. The molecule has 0 spiro atoms. The zero-order chi connectivity index (χ0) is 15.4. The first-order valence-corrected chi connectivity index (χ1v) is 8.67. The normalized spacial score (nSPS) is 12.4. The van der Waals surface area contributed by atoms with Crippen molar-refractivity contribution in [2.75, 3.05) is 0 Å². The van der Waals surface area contributed by atoms with Crippen LogP contribution in [-0.4, -0.2) is 4.21 Å². The topological polar surface area (TPSA) is 43.1 Å². The molecule has 2 N–H and O–H groups in total. The van der Waals surface area contributed by atoms with Crippen molar-refractivity contribution < 1.29 is 4.21 Å². The molecule has 21 heavy (non-hydrogen) atoms. The maximum atomic E-state index is 12.4. The van der Waals surface area contributed by atoms with Crippen molar-refractivity contribution >= 4 is 10.8 Å². The van der Waals surface area contributed by atoms with E-state index in [0.717, 1.165) is 16.7 Å². The lowest BCUT2D eigenvalue weighted by molar-refractivity contribution is 0.682. The van der Waals surface area contributed by atoms with Gasteiger partial charge in [-0.2, -0.15) is 0 Å². The summed E-state index contributed by atoms with van der Waals surface area (Å²) in [5.74, 6) is 1.21. The van der Waals surface area contributed by atoms with Gasteiger partial charge in [-0.3, -0.25) is 4.21 Å². The molecule has 0 saturated heterocycles. The molecule has 3 heteroatoms. The standard InChI is InChI=1S/C18H23NOS/c1-13-6-14(2)8-17(7-13)11-21(20)12-18-5-4-16(10-19)9-15(18)3/h4-9H,10-12,19H2,1-3H3. The Hall–Kier alpha value is -1.45. The molecule has 0 amide bonds. The van der Waals surface area contributed by atoms with Gasteiger partial charge in [0.05, 0.1) is 0 Å². The van der Waals surface area contributed by atoms with E-state index in [4.69, 9.17) is 5.73 Å². The SMILES string of the molecule is Cc1cc(C)cc(CS(=O)Cc2ccc(CN)cc2C)c1. The van der Waals surface area contributed by atoms with E-state index in [1.165, 1.54) is 16.7 Å². The predicted molar refractivity (Wildman–Crippen MR) is 90.5 cm³/mol. The minimum atomic E-state index is -0.889. The quantitative estimate of drug-likeness (QED) is 0.918. The minimum absolute atomic E-state index is 0.548. The van der Waals surface area contributed by atoms with Gasteiger partial charge in [-0.1, -0.05) is 47.5 Å². The van der Waals surface area contributed by atoms with E-state index in [9.17, 15) is 4.21 Å². The van der Waals surface area contributed by atoms with Crippen LogP contribution >= 0.6 is 0 Å². The lowest BCUT2D eigenvalue weighted by atomic mass is 10.1. The monoisotopic (exact) mass is 301 g/mol. The molecule has 112 valence electrons. The molecule has 0 aliphatic rings. The minimum Gasteiger partial charge on any atom is -0.326 e. The van der Waals surface area contributed by atoms with Crippen LogP contribution < -0.4 is 5.73 Å². The van der Waals surface area contributed by atoms with Crippen LogP contribution in [0.15, 0.2) is 36.4 Å². The number of benzene rings is 2. The van der Waals surface area contributed by atoms with Crippen LogP contribution in [0.2, 0.25) is 0 Å². The Bertz CT molecular complexity index is 644. The van der Waals surface area contributed by atoms with E-state index in [1.807, 2.05) is 6.07 Å². The molecule has 2 nitrogen and oxygen atoms in total. The summed E-state index contributed by atoms with van der Waals surface area (Å²) in [6.07, 6.45) is 0. The van der Waals surface area contributed by atoms with E-state index in [-0.39, 0.29) is 0 Å². The number of rotatable bonds is 5. The molecular formula is C18H23NOS. The molecule has 0 aromatic heterocycles. The van der Waals surface area contributed by atoms with E-state index < -0.39 is 10.8 Å². The summed E-state index contributed by atoms with van der Waals surface area (Å²) in [5, 5.41) is 0.